The second-order valence-corrected chi connectivity index (χ2v) is 3.55. The van der Waals surface area contributed by atoms with Crippen molar-refractivity contribution in [3.63, 3.8) is 0 Å². The van der Waals surface area contributed by atoms with E-state index in [1.165, 1.54) is 0 Å². The molecule has 0 aliphatic carbocycles. The van der Waals surface area contributed by atoms with Crippen LogP contribution in [0.4, 0.5) is 8.78 Å². The second kappa shape index (κ2) is 12.9. The van der Waals surface area contributed by atoms with E-state index in [2.05, 4.69) is 0 Å². The lowest BCUT2D eigenvalue weighted by Crippen LogP contribution is -2.23. The van der Waals surface area contributed by atoms with Crippen molar-refractivity contribution < 1.29 is 23.1 Å². The fourth-order valence-electron chi connectivity index (χ4n) is 1.16. The quantitative estimate of drug-likeness (QED) is 0.418. The number of hydrogen-bond acceptors (Lipinski definition) is 3. The van der Waals surface area contributed by atoms with Crippen LogP contribution in [-0.2, 0) is 9.31 Å². The molecule has 6 heteroatoms. The Kier molecular flexibility index (Phi) is 12.7. The van der Waals surface area contributed by atoms with Gasteiger partial charge in [-0.3, -0.25) is 8.78 Å². The van der Waals surface area contributed by atoms with Crippen LogP contribution >= 0.6 is 0 Å². The van der Waals surface area contributed by atoms with Crippen molar-refractivity contribution >= 4 is 7.32 Å². The van der Waals surface area contributed by atoms with Gasteiger partial charge in [-0.15, -0.1) is 0 Å². The molecule has 16 heavy (non-hydrogen) atoms. The van der Waals surface area contributed by atoms with Crippen LogP contribution in [0.1, 0.15) is 38.5 Å². The smallest absolute Gasteiger partial charge is 0.402 e. The Morgan fingerprint density at radius 2 is 1.19 bits per heavy atom. The van der Waals surface area contributed by atoms with Gasteiger partial charge in [-0.2, -0.15) is 0 Å². The van der Waals surface area contributed by atoms with Gasteiger partial charge >= 0.3 is 7.32 Å². The maximum Gasteiger partial charge on any atom is 0.636 e. The molecular formula is C10H21BF2O3. The summed E-state index contributed by atoms with van der Waals surface area (Å²) in [5.74, 6) is 0. The molecule has 0 fully saturated rings. The van der Waals surface area contributed by atoms with Gasteiger partial charge in [0.05, 0.1) is 13.3 Å². The van der Waals surface area contributed by atoms with Gasteiger partial charge in [0.1, 0.15) is 0 Å². The number of rotatable bonds is 12. The normalized spacial score (nSPS) is 10.7. The fourth-order valence-corrected chi connectivity index (χ4v) is 1.16. The second-order valence-electron chi connectivity index (χ2n) is 3.55. The standard InChI is InChI=1S/C10H21BF2O3/c12-7-3-1-5-9-15-11(14)16-10-6-2-4-8-13/h14H,1-10H2. The van der Waals surface area contributed by atoms with Crippen molar-refractivity contribution in [2.24, 2.45) is 0 Å². The molecule has 0 radical (unpaired) electrons. The van der Waals surface area contributed by atoms with Crippen LogP contribution in [0.5, 0.6) is 0 Å². The van der Waals surface area contributed by atoms with Crippen LogP contribution < -0.4 is 0 Å². The van der Waals surface area contributed by atoms with Gasteiger partial charge in [0.2, 0.25) is 0 Å². The van der Waals surface area contributed by atoms with E-state index >= 15 is 0 Å². The third-order valence-electron chi connectivity index (χ3n) is 2.08. The van der Waals surface area contributed by atoms with Crippen LogP contribution in [0.2, 0.25) is 0 Å². The summed E-state index contributed by atoms with van der Waals surface area (Å²) in [6, 6.07) is 0. The third kappa shape index (κ3) is 11.9. The van der Waals surface area contributed by atoms with Gasteiger partial charge in [-0.25, -0.2) is 0 Å². The van der Waals surface area contributed by atoms with E-state index in [-0.39, 0.29) is 13.3 Å². The number of alkyl halides is 2. The van der Waals surface area contributed by atoms with Crippen molar-refractivity contribution in [3.05, 3.63) is 0 Å². The van der Waals surface area contributed by atoms with E-state index in [0.29, 0.717) is 38.9 Å². The van der Waals surface area contributed by atoms with Crippen LogP contribution in [0.3, 0.4) is 0 Å². The molecule has 0 aliphatic rings. The summed E-state index contributed by atoms with van der Waals surface area (Å²) in [7, 11) is -1.21. The Morgan fingerprint density at radius 1 is 0.750 bits per heavy atom. The van der Waals surface area contributed by atoms with Crippen molar-refractivity contribution in [1.29, 1.82) is 0 Å². The summed E-state index contributed by atoms with van der Waals surface area (Å²) in [6.45, 7) is 0.110. The molecule has 3 nitrogen and oxygen atoms in total. The molecule has 0 aromatic heterocycles. The molecule has 0 unspecified atom stereocenters. The highest BCUT2D eigenvalue weighted by atomic mass is 19.1. The molecule has 0 saturated carbocycles. The van der Waals surface area contributed by atoms with E-state index in [4.69, 9.17) is 14.3 Å². The Morgan fingerprint density at radius 3 is 1.56 bits per heavy atom. The molecule has 0 aliphatic heterocycles. The molecule has 0 aromatic carbocycles. The van der Waals surface area contributed by atoms with Crippen molar-refractivity contribution in [1.82, 2.24) is 0 Å². The molecule has 0 saturated heterocycles. The van der Waals surface area contributed by atoms with E-state index in [0.717, 1.165) is 12.8 Å². The van der Waals surface area contributed by atoms with Gasteiger partial charge in [0.25, 0.3) is 0 Å². The van der Waals surface area contributed by atoms with E-state index in [1.54, 1.807) is 0 Å². The fraction of sp³-hybridized carbons (Fsp3) is 1.00. The first kappa shape index (κ1) is 15.8. The highest BCUT2D eigenvalue weighted by molar-refractivity contribution is 6.34. The zero-order valence-corrected chi connectivity index (χ0v) is 9.67. The Bertz CT molecular complexity index is 127. The van der Waals surface area contributed by atoms with Gasteiger partial charge in [-0.05, 0) is 38.5 Å². The Labute approximate surface area is 96.3 Å². The highest BCUT2D eigenvalue weighted by Gasteiger charge is 2.14. The van der Waals surface area contributed by atoms with Gasteiger partial charge in [0.15, 0.2) is 0 Å². The average molecular weight is 238 g/mol. The summed E-state index contributed by atoms with van der Waals surface area (Å²) >= 11 is 0. The van der Waals surface area contributed by atoms with Crippen LogP contribution in [0, 0.1) is 0 Å². The van der Waals surface area contributed by atoms with Crippen molar-refractivity contribution in [2.75, 3.05) is 26.6 Å². The number of hydrogen-bond donors (Lipinski definition) is 1. The van der Waals surface area contributed by atoms with E-state index < -0.39 is 7.32 Å². The lowest BCUT2D eigenvalue weighted by molar-refractivity contribution is 0.128. The molecular weight excluding hydrogens is 217 g/mol. The SMILES string of the molecule is OB(OCCCCCF)OCCCCCF. The monoisotopic (exact) mass is 238 g/mol. The zero-order valence-electron chi connectivity index (χ0n) is 9.67. The maximum atomic E-state index is 11.7. The highest BCUT2D eigenvalue weighted by Crippen LogP contribution is 1.99. The average Bonchev–Trinajstić information content (AvgIpc) is 2.28. The van der Waals surface area contributed by atoms with Gasteiger partial charge in [-0.1, -0.05) is 0 Å². The van der Waals surface area contributed by atoms with Crippen molar-refractivity contribution in [3.8, 4) is 0 Å². The lowest BCUT2D eigenvalue weighted by atomic mass is 10.2. The minimum absolute atomic E-state index is 0.312. The number of halogens is 2. The first-order valence-electron chi connectivity index (χ1n) is 5.84. The molecule has 96 valence electrons. The zero-order chi connectivity index (χ0) is 12.1. The number of unbranched alkanes of at least 4 members (excludes halogenated alkanes) is 4. The van der Waals surface area contributed by atoms with Gasteiger partial charge in [0, 0.05) is 13.2 Å². The van der Waals surface area contributed by atoms with Crippen LogP contribution in [0.15, 0.2) is 0 Å². The minimum Gasteiger partial charge on any atom is -0.402 e. The molecule has 1 N–H and O–H groups in total. The summed E-state index contributed by atoms with van der Waals surface area (Å²) < 4.78 is 33.3. The summed E-state index contributed by atoms with van der Waals surface area (Å²) in [4.78, 5) is 0. The largest absolute Gasteiger partial charge is 0.636 e. The summed E-state index contributed by atoms with van der Waals surface area (Å²) in [6.07, 6.45) is 3.99. The predicted molar refractivity (Wildman–Crippen MR) is 59.5 cm³/mol. The lowest BCUT2D eigenvalue weighted by Gasteiger charge is -2.08. The van der Waals surface area contributed by atoms with Crippen LogP contribution in [-0.4, -0.2) is 38.9 Å². The topological polar surface area (TPSA) is 38.7 Å². The summed E-state index contributed by atoms with van der Waals surface area (Å²) in [5, 5.41) is 9.17. The molecule has 0 amide bonds. The Balaban J connectivity index is 3.09. The molecule has 0 atom stereocenters. The predicted octanol–water partition coefficient (Wildman–Crippen LogP) is 2.28. The molecule has 0 spiro atoms. The molecule has 0 aromatic rings. The van der Waals surface area contributed by atoms with E-state index in [1.807, 2.05) is 0 Å². The first-order valence-corrected chi connectivity index (χ1v) is 5.84. The first-order chi connectivity index (χ1) is 7.81. The molecule has 0 rings (SSSR count). The maximum absolute atomic E-state index is 11.7. The van der Waals surface area contributed by atoms with Gasteiger partial charge < -0.3 is 14.3 Å². The molecule has 0 bridgehead atoms. The molecule has 0 heterocycles. The Hall–Kier alpha value is -0.195. The van der Waals surface area contributed by atoms with E-state index in [9.17, 15) is 8.78 Å². The third-order valence-corrected chi connectivity index (χ3v) is 2.08. The van der Waals surface area contributed by atoms with Crippen molar-refractivity contribution in [2.45, 2.75) is 38.5 Å². The summed E-state index contributed by atoms with van der Waals surface area (Å²) in [5.41, 5.74) is 0. The minimum atomic E-state index is -1.21. The van der Waals surface area contributed by atoms with Crippen LogP contribution in [0.25, 0.3) is 0 Å².